The predicted octanol–water partition coefficient (Wildman–Crippen LogP) is 1.55. The lowest BCUT2D eigenvalue weighted by Crippen LogP contribution is -2.57. The topological polar surface area (TPSA) is 54.2 Å². The molecular formula is C13H24N4O. The molecule has 1 aromatic heterocycles. The van der Waals surface area contributed by atoms with E-state index in [0.29, 0.717) is 5.89 Å². The van der Waals surface area contributed by atoms with Gasteiger partial charge in [0, 0.05) is 30.6 Å². The van der Waals surface area contributed by atoms with Crippen LogP contribution < -0.4 is 5.32 Å². The normalized spacial score (nSPS) is 21.2. The Bertz CT molecular complexity index is 405. The maximum Gasteiger partial charge on any atom is 0.230 e. The number of nitrogens with one attached hydrogen (secondary N) is 1. The van der Waals surface area contributed by atoms with Crippen LogP contribution in [0.1, 0.15) is 46.4 Å². The zero-order valence-corrected chi connectivity index (χ0v) is 12.1. The molecule has 0 aromatic carbocycles. The summed E-state index contributed by atoms with van der Waals surface area (Å²) in [6.07, 6.45) is 0. The van der Waals surface area contributed by atoms with Gasteiger partial charge in [-0.05, 0) is 13.8 Å². The van der Waals surface area contributed by atoms with Gasteiger partial charge in [-0.15, -0.1) is 10.2 Å². The minimum Gasteiger partial charge on any atom is -0.423 e. The third-order valence-electron chi connectivity index (χ3n) is 3.41. The Kier molecular flexibility index (Phi) is 3.47. The highest BCUT2D eigenvalue weighted by Crippen LogP contribution is 2.23. The average molecular weight is 252 g/mol. The molecule has 0 radical (unpaired) electrons. The zero-order chi connectivity index (χ0) is 13.4. The van der Waals surface area contributed by atoms with E-state index in [0.717, 1.165) is 32.1 Å². The largest absolute Gasteiger partial charge is 0.423 e. The van der Waals surface area contributed by atoms with Crippen molar-refractivity contribution in [3.05, 3.63) is 11.8 Å². The van der Waals surface area contributed by atoms with E-state index >= 15 is 0 Å². The molecule has 0 spiro atoms. The smallest absolute Gasteiger partial charge is 0.230 e. The van der Waals surface area contributed by atoms with Crippen molar-refractivity contribution in [2.45, 2.75) is 52.1 Å². The van der Waals surface area contributed by atoms with Crippen LogP contribution in [0, 0.1) is 0 Å². The summed E-state index contributed by atoms with van der Waals surface area (Å²) in [7, 11) is 0. The first-order valence-electron chi connectivity index (χ1n) is 6.58. The zero-order valence-electron chi connectivity index (χ0n) is 12.1. The van der Waals surface area contributed by atoms with Crippen LogP contribution in [0.15, 0.2) is 4.42 Å². The molecule has 5 nitrogen and oxygen atoms in total. The first kappa shape index (κ1) is 13.5. The highest BCUT2D eigenvalue weighted by Gasteiger charge is 2.31. The summed E-state index contributed by atoms with van der Waals surface area (Å²) >= 11 is 0. The number of aromatic nitrogens is 2. The summed E-state index contributed by atoms with van der Waals surface area (Å²) in [4.78, 5) is 2.39. The van der Waals surface area contributed by atoms with Crippen LogP contribution in [0.2, 0.25) is 0 Å². The van der Waals surface area contributed by atoms with Crippen molar-refractivity contribution in [2.24, 2.45) is 0 Å². The van der Waals surface area contributed by atoms with Gasteiger partial charge in [-0.2, -0.15) is 0 Å². The van der Waals surface area contributed by atoms with Gasteiger partial charge >= 0.3 is 0 Å². The molecule has 1 aromatic rings. The van der Waals surface area contributed by atoms with Crippen LogP contribution in [-0.2, 0) is 12.0 Å². The second-order valence-electron chi connectivity index (χ2n) is 6.66. The fourth-order valence-corrected chi connectivity index (χ4v) is 2.10. The van der Waals surface area contributed by atoms with Crippen molar-refractivity contribution in [2.75, 3.05) is 19.6 Å². The Balaban J connectivity index is 2.07. The SMILES string of the molecule is CC(C)(C)c1nnc(CN2CCNCC2(C)C)o1. The predicted molar refractivity (Wildman–Crippen MR) is 70.4 cm³/mol. The van der Waals surface area contributed by atoms with Gasteiger partial charge in [-0.3, -0.25) is 4.90 Å². The van der Waals surface area contributed by atoms with Gasteiger partial charge in [0.05, 0.1) is 6.54 Å². The summed E-state index contributed by atoms with van der Waals surface area (Å²) in [6.45, 7) is 14.5. The lowest BCUT2D eigenvalue weighted by Gasteiger charge is -2.42. The Hall–Kier alpha value is -0.940. The molecule has 2 heterocycles. The molecule has 0 amide bonds. The van der Waals surface area contributed by atoms with E-state index in [1.807, 2.05) is 0 Å². The van der Waals surface area contributed by atoms with E-state index < -0.39 is 0 Å². The molecule has 0 atom stereocenters. The minimum atomic E-state index is -0.0791. The van der Waals surface area contributed by atoms with E-state index in [2.05, 4.69) is 55.0 Å². The molecule has 102 valence electrons. The Morgan fingerprint density at radius 1 is 1.33 bits per heavy atom. The number of nitrogens with zero attached hydrogens (tertiary/aromatic N) is 3. The lowest BCUT2D eigenvalue weighted by atomic mass is 9.97. The Labute approximate surface area is 109 Å². The molecular weight excluding hydrogens is 228 g/mol. The average Bonchev–Trinajstić information content (AvgIpc) is 2.69. The number of hydrogen-bond donors (Lipinski definition) is 1. The summed E-state index contributed by atoms with van der Waals surface area (Å²) in [5, 5.41) is 11.7. The third kappa shape index (κ3) is 2.90. The molecule has 1 N–H and O–H groups in total. The molecule has 5 heteroatoms. The summed E-state index contributed by atoms with van der Waals surface area (Å²) in [5.74, 6) is 1.43. The van der Waals surface area contributed by atoms with Crippen molar-refractivity contribution in [3.63, 3.8) is 0 Å². The van der Waals surface area contributed by atoms with Gasteiger partial charge in [0.2, 0.25) is 11.8 Å². The second kappa shape index (κ2) is 4.63. The minimum absolute atomic E-state index is 0.0791. The fourth-order valence-electron chi connectivity index (χ4n) is 2.10. The lowest BCUT2D eigenvalue weighted by molar-refractivity contribution is 0.0726. The summed E-state index contributed by atoms with van der Waals surface area (Å²) < 4.78 is 5.76. The van der Waals surface area contributed by atoms with Gasteiger partial charge in [0.25, 0.3) is 0 Å². The van der Waals surface area contributed by atoms with Crippen LogP contribution in [0.3, 0.4) is 0 Å². The van der Waals surface area contributed by atoms with E-state index in [1.54, 1.807) is 0 Å². The monoisotopic (exact) mass is 252 g/mol. The van der Waals surface area contributed by atoms with Crippen molar-refractivity contribution < 1.29 is 4.42 Å². The van der Waals surface area contributed by atoms with Crippen molar-refractivity contribution in [1.29, 1.82) is 0 Å². The van der Waals surface area contributed by atoms with Gasteiger partial charge in [-0.25, -0.2) is 0 Å². The molecule has 0 bridgehead atoms. The first-order valence-corrected chi connectivity index (χ1v) is 6.58. The van der Waals surface area contributed by atoms with Crippen LogP contribution in [-0.4, -0.2) is 40.3 Å². The molecule has 1 aliphatic heterocycles. The number of rotatable bonds is 2. The van der Waals surface area contributed by atoms with Crippen LogP contribution in [0.4, 0.5) is 0 Å². The Morgan fingerprint density at radius 3 is 2.61 bits per heavy atom. The van der Waals surface area contributed by atoms with Crippen LogP contribution in [0.5, 0.6) is 0 Å². The van der Waals surface area contributed by atoms with E-state index in [4.69, 9.17) is 4.42 Å². The molecule has 1 saturated heterocycles. The highest BCUT2D eigenvalue weighted by molar-refractivity contribution is 4.97. The van der Waals surface area contributed by atoms with E-state index in [-0.39, 0.29) is 11.0 Å². The molecule has 1 aliphatic rings. The molecule has 0 unspecified atom stereocenters. The first-order chi connectivity index (χ1) is 8.29. The summed E-state index contributed by atoms with van der Waals surface area (Å²) in [6, 6.07) is 0. The van der Waals surface area contributed by atoms with Crippen molar-refractivity contribution in [1.82, 2.24) is 20.4 Å². The van der Waals surface area contributed by atoms with Gasteiger partial charge in [0.1, 0.15) is 0 Å². The third-order valence-corrected chi connectivity index (χ3v) is 3.41. The molecule has 18 heavy (non-hydrogen) atoms. The molecule has 0 aliphatic carbocycles. The maximum atomic E-state index is 5.76. The van der Waals surface area contributed by atoms with Gasteiger partial charge in [-0.1, -0.05) is 20.8 Å². The second-order valence-corrected chi connectivity index (χ2v) is 6.66. The van der Waals surface area contributed by atoms with E-state index in [1.165, 1.54) is 0 Å². The van der Waals surface area contributed by atoms with Gasteiger partial charge < -0.3 is 9.73 Å². The number of hydrogen-bond acceptors (Lipinski definition) is 5. The van der Waals surface area contributed by atoms with Crippen LogP contribution >= 0.6 is 0 Å². The fraction of sp³-hybridized carbons (Fsp3) is 0.846. The van der Waals surface area contributed by atoms with Gasteiger partial charge in [0.15, 0.2) is 0 Å². The quantitative estimate of drug-likeness (QED) is 0.865. The highest BCUT2D eigenvalue weighted by atomic mass is 16.4. The van der Waals surface area contributed by atoms with Crippen LogP contribution in [0.25, 0.3) is 0 Å². The molecule has 1 fully saturated rings. The van der Waals surface area contributed by atoms with E-state index in [9.17, 15) is 0 Å². The Morgan fingerprint density at radius 2 is 2.06 bits per heavy atom. The number of piperazine rings is 1. The molecule has 2 rings (SSSR count). The van der Waals surface area contributed by atoms with Crippen molar-refractivity contribution in [3.8, 4) is 0 Å². The summed E-state index contributed by atoms with van der Waals surface area (Å²) in [5.41, 5.74) is 0.0544. The standard InChI is InChI=1S/C13H24N4O/c1-12(2,3)11-16-15-10(18-11)8-17-7-6-14-9-13(17,4)5/h14H,6-9H2,1-5H3. The molecule has 0 saturated carbocycles. The maximum absolute atomic E-state index is 5.76. The van der Waals surface area contributed by atoms with Crippen molar-refractivity contribution >= 4 is 0 Å².